The number of hydrogen-bond acceptors (Lipinski definition) is 7. The number of benzene rings is 1. The molecule has 2 aromatic rings. The second kappa shape index (κ2) is 6.81. The third kappa shape index (κ3) is 4.22. The molecule has 1 aliphatic heterocycles. The Bertz CT molecular complexity index is 826. The molecule has 1 aliphatic rings. The maximum atomic E-state index is 11.7. The standard InChI is InChI=1S/C17H22N4O5/c1-17(2,3)26-16(22)18-9-11-6-7-20(10-11)15-19-13-8-12(21(23)24)4-5-14(13)25-15/h4-5,8,11H,6-7,9-10H2,1-3H3,(H,18,22). The molecule has 9 nitrogen and oxygen atoms in total. The first-order valence-electron chi connectivity index (χ1n) is 8.48. The maximum absolute atomic E-state index is 11.7. The molecule has 1 aromatic heterocycles. The van der Waals surface area contributed by atoms with Crippen LogP contribution in [0, 0.1) is 16.0 Å². The number of nitrogens with one attached hydrogen (secondary N) is 1. The minimum Gasteiger partial charge on any atom is -0.444 e. The van der Waals surface area contributed by atoms with E-state index in [1.54, 1.807) is 6.07 Å². The molecule has 0 aliphatic carbocycles. The molecule has 1 saturated heterocycles. The molecule has 1 amide bonds. The topological polar surface area (TPSA) is 111 Å². The number of rotatable bonds is 4. The Morgan fingerprint density at radius 3 is 2.96 bits per heavy atom. The van der Waals surface area contributed by atoms with Crippen molar-refractivity contribution in [2.24, 2.45) is 5.92 Å². The van der Waals surface area contributed by atoms with E-state index >= 15 is 0 Å². The number of nitro groups is 1. The fraction of sp³-hybridized carbons (Fsp3) is 0.529. The van der Waals surface area contributed by atoms with E-state index in [2.05, 4.69) is 10.3 Å². The molecule has 1 aromatic carbocycles. The van der Waals surface area contributed by atoms with Crippen molar-refractivity contribution in [1.82, 2.24) is 10.3 Å². The summed E-state index contributed by atoms with van der Waals surface area (Å²) in [4.78, 5) is 28.5. The maximum Gasteiger partial charge on any atom is 0.407 e. The van der Waals surface area contributed by atoms with Crippen LogP contribution in [-0.2, 0) is 4.74 Å². The largest absolute Gasteiger partial charge is 0.444 e. The van der Waals surface area contributed by atoms with Gasteiger partial charge < -0.3 is 19.4 Å². The number of hydrogen-bond donors (Lipinski definition) is 1. The van der Waals surface area contributed by atoms with Crippen LogP contribution in [0.4, 0.5) is 16.5 Å². The summed E-state index contributed by atoms with van der Waals surface area (Å²) in [6, 6.07) is 4.80. The second-order valence-electron chi connectivity index (χ2n) is 7.39. The predicted octanol–water partition coefficient (Wildman–Crippen LogP) is 3.09. The molecule has 140 valence electrons. The number of aromatic nitrogens is 1. The van der Waals surface area contributed by atoms with Crippen LogP contribution < -0.4 is 10.2 Å². The Labute approximate surface area is 150 Å². The third-order valence-corrected chi connectivity index (χ3v) is 4.06. The first kappa shape index (κ1) is 18.0. The Morgan fingerprint density at radius 2 is 2.27 bits per heavy atom. The molecule has 2 heterocycles. The van der Waals surface area contributed by atoms with Crippen LogP contribution in [0.15, 0.2) is 22.6 Å². The molecule has 9 heteroatoms. The van der Waals surface area contributed by atoms with Gasteiger partial charge in [-0.1, -0.05) is 0 Å². The van der Waals surface area contributed by atoms with Gasteiger partial charge in [-0.2, -0.15) is 4.98 Å². The lowest BCUT2D eigenvalue weighted by molar-refractivity contribution is -0.384. The molecule has 1 N–H and O–H groups in total. The van der Waals surface area contributed by atoms with E-state index in [0.29, 0.717) is 30.2 Å². The first-order chi connectivity index (χ1) is 12.2. The molecular weight excluding hydrogens is 340 g/mol. The van der Waals surface area contributed by atoms with Gasteiger partial charge in [-0.05, 0) is 39.2 Å². The Hall–Kier alpha value is -2.84. The number of anilines is 1. The molecule has 0 bridgehead atoms. The summed E-state index contributed by atoms with van der Waals surface area (Å²) in [5.41, 5.74) is 0.441. The van der Waals surface area contributed by atoms with E-state index in [4.69, 9.17) is 9.15 Å². The van der Waals surface area contributed by atoms with Crippen LogP contribution in [0.1, 0.15) is 27.2 Å². The summed E-state index contributed by atoms with van der Waals surface area (Å²) < 4.78 is 10.9. The molecule has 0 spiro atoms. The zero-order chi connectivity index (χ0) is 18.9. The number of alkyl carbamates (subject to hydrolysis) is 1. The fourth-order valence-electron chi connectivity index (χ4n) is 2.87. The van der Waals surface area contributed by atoms with E-state index in [1.165, 1.54) is 12.1 Å². The number of nitro benzene ring substituents is 1. The number of carbonyl (C=O) groups excluding carboxylic acids is 1. The second-order valence-corrected chi connectivity index (χ2v) is 7.39. The number of oxazole rings is 1. The van der Waals surface area contributed by atoms with Crippen molar-refractivity contribution in [3.05, 3.63) is 28.3 Å². The third-order valence-electron chi connectivity index (χ3n) is 4.06. The lowest BCUT2D eigenvalue weighted by atomic mass is 10.1. The molecule has 1 fully saturated rings. The van der Waals surface area contributed by atoms with Crippen molar-refractivity contribution in [3.8, 4) is 0 Å². The van der Waals surface area contributed by atoms with Gasteiger partial charge in [-0.3, -0.25) is 10.1 Å². The zero-order valence-corrected chi connectivity index (χ0v) is 15.0. The molecule has 1 atom stereocenters. The van der Waals surface area contributed by atoms with Crippen LogP contribution in [0.2, 0.25) is 0 Å². The molecule has 3 rings (SSSR count). The minimum absolute atomic E-state index is 0.0155. The quantitative estimate of drug-likeness (QED) is 0.657. The highest BCUT2D eigenvalue weighted by molar-refractivity contribution is 5.77. The summed E-state index contributed by atoms with van der Waals surface area (Å²) in [6.07, 6.45) is 0.458. The van der Waals surface area contributed by atoms with Crippen LogP contribution in [0.25, 0.3) is 11.1 Å². The smallest absolute Gasteiger partial charge is 0.407 e. The SMILES string of the molecule is CC(C)(C)OC(=O)NCC1CCN(c2nc3cc([N+](=O)[O-])ccc3o2)C1. The van der Waals surface area contributed by atoms with Gasteiger partial charge in [0.25, 0.3) is 11.7 Å². The molecule has 0 radical (unpaired) electrons. The van der Waals surface area contributed by atoms with Crippen LogP contribution in [0.5, 0.6) is 0 Å². The van der Waals surface area contributed by atoms with Crippen molar-refractivity contribution < 1.29 is 18.9 Å². The lowest BCUT2D eigenvalue weighted by Gasteiger charge is -2.20. The van der Waals surface area contributed by atoms with Crippen molar-refractivity contribution in [3.63, 3.8) is 0 Å². The highest BCUT2D eigenvalue weighted by atomic mass is 16.6. The number of fused-ring (bicyclic) bond motifs is 1. The van der Waals surface area contributed by atoms with Crippen LogP contribution in [0.3, 0.4) is 0 Å². The van der Waals surface area contributed by atoms with E-state index in [-0.39, 0.29) is 11.6 Å². The summed E-state index contributed by atoms with van der Waals surface area (Å²) in [7, 11) is 0. The fourth-order valence-corrected chi connectivity index (χ4v) is 2.87. The van der Waals surface area contributed by atoms with Crippen molar-refractivity contribution in [1.29, 1.82) is 0 Å². The highest BCUT2D eigenvalue weighted by Crippen LogP contribution is 2.28. The summed E-state index contributed by atoms with van der Waals surface area (Å²) in [5, 5.41) is 13.6. The number of amides is 1. The van der Waals surface area contributed by atoms with Gasteiger partial charge in [-0.15, -0.1) is 0 Å². The summed E-state index contributed by atoms with van der Waals surface area (Å²) in [6.45, 7) is 7.40. The van der Waals surface area contributed by atoms with Gasteiger partial charge in [0.2, 0.25) is 0 Å². The summed E-state index contributed by atoms with van der Waals surface area (Å²) >= 11 is 0. The predicted molar refractivity (Wildman–Crippen MR) is 95.2 cm³/mol. The van der Waals surface area contributed by atoms with Crippen molar-refractivity contribution in [2.45, 2.75) is 32.8 Å². The van der Waals surface area contributed by atoms with E-state index in [9.17, 15) is 14.9 Å². The normalized spacial score (nSPS) is 17.5. The Balaban J connectivity index is 1.59. The lowest BCUT2D eigenvalue weighted by Crippen LogP contribution is -2.36. The molecule has 26 heavy (non-hydrogen) atoms. The van der Waals surface area contributed by atoms with E-state index in [0.717, 1.165) is 13.0 Å². The summed E-state index contributed by atoms with van der Waals surface area (Å²) in [5.74, 6) is 0.256. The molecule has 1 unspecified atom stereocenters. The van der Waals surface area contributed by atoms with Crippen molar-refractivity contribution >= 4 is 28.9 Å². The number of nitrogens with zero attached hydrogens (tertiary/aromatic N) is 3. The average molecular weight is 362 g/mol. The number of ether oxygens (including phenoxy) is 1. The van der Waals surface area contributed by atoms with Crippen molar-refractivity contribution in [2.75, 3.05) is 24.5 Å². The van der Waals surface area contributed by atoms with E-state index < -0.39 is 16.6 Å². The van der Waals surface area contributed by atoms with Gasteiger partial charge in [0.15, 0.2) is 5.58 Å². The molecular formula is C17H22N4O5. The Kier molecular flexibility index (Phi) is 4.71. The number of carbonyl (C=O) groups is 1. The minimum atomic E-state index is -0.521. The Morgan fingerprint density at radius 1 is 1.50 bits per heavy atom. The highest BCUT2D eigenvalue weighted by Gasteiger charge is 2.27. The monoisotopic (exact) mass is 362 g/mol. The zero-order valence-electron chi connectivity index (χ0n) is 15.0. The van der Waals surface area contributed by atoms with Crippen LogP contribution >= 0.6 is 0 Å². The molecule has 0 saturated carbocycles. The van der Waals surface area contributed by atoms with E-state index in [1.807, 2.05) is 25.7 Å². The van der Waals surface area contributed by atoms with Gasteiger partial charge >= 0.3 is 6.09 Å². The van der Waals surface area contributed by atoms with Gasteiger partial charge in [0, 0.05) is 31.8 Å². The number of non-ortho nitro benzene ring substituents is 1. The van der Waals surface area contributed by atoms with Gasteiger partial charge in [-0.25, -0.2) is 4.79 Å². The van der Waals surface area contributed by atoms with Gasteiger partial charge in [0.05, 0.1) is 4.92 Å². The first-order valence-corrected chi connectivity index (χ1v) is 8.48. The van der Waals surface area contributed by atoms with Crippen LogP contribution in [-0.4, -0.2) is 41.2 Å². The van der Waals surface area contributed by atoms with Gasteiger partial charge in [0.1, 0.15) is 11.1 Å². The average Bonchev–Trinajstić information content (AvgIpc) is 3.16.